The van der Waals surface area contributed by atoms with Crippen molar-refractivity contribution < 1.29 is 14.3 Å². The first kappa shape index (κ1) is 22.1. The molecule has 1 atom stereocenters. The topological polar surface area (TPSA) is 43.4 Å². The molecule has 0 heterocycles. The third-order valence-corrected chi connectivity index (χ3v) is 4.93. The van der Waals surface area contributed by atoms with E-state index in [9.17, 15) is 9.59 Å². The molecule has 0 radical (unpaired) electrons. The highest BCUT2D eigenvalue weighted by Crippen LogP contribution is 2.42. The Hall–Kier alpha value is -1.23. The molecule has 2 rings (SSSR count). The maximum absolute atomic E-state index is 12.7. The van der Waals surface area contributed by atoms with Crippen LogP contribution in [0.2, 0.25) is 10.0 Å². The fourth-order valence-electron chi connectivity index (χ4n) is 2.21. The van der Waals surface area contributed by atoms with Gasteiger partial charge < -0.3 is 4.74 Å². The van der Waals surface area contributed by atoms with E-state index >= 15 is 0 Å². The van der Waals surface area contributed by atoms with Gasteiger partial charge in [0.05, 0.1) is 10.0 Å². The van der Waals surface area contributed by atoms with Crippen molar-refractivity contribution in [3.05, 3.63) is 75.3 Å². The molecular weight excluding hydrogens is 453 g/mol. The van der Waals surface area contributed by atoms with Crippen LogP contribution in [-0.2, 0) is 14.3 Å². The summed E-state index contributed by atoms with van der Waals surface area (Å²) in [4.78, 5) is 24.7. The predicted molar refractivity (Wildman–Crippen MR) is 111 cm³/mol. The lowest BCUT2D eigenvalue weighted by molar-refractivity contribution is -0.145. The Bertz CT molecular complexity index is 873. The molecule has 0 aliphatic carbocycles. The zero-order chi connectivity index (χ0) is 20.2. The second-order valence-corrected chi connectivity index (χ2v) is 8.65. The van der Waals surface area contributed by atoms with E-state index in [1.807, 2.05) is 0 Å². The summed E-state index contributed by atoms with van der Waals surface area (Å²) in [5.41, 5.74) is 0.598. The summed E-state index contributed by atoms with van der Waals surface area (Å²) in [5.74, 6) is -1.48. The van der Waals surface area contributed by atoms with E-state index in [1.165, 1.54) is 13.0 Å². The van der Waals surface area contributed by atoms with Gasteiger partial charge in [-0.1, -0.05) is 100 Å². The molecule has 0 fully saturated rings. The Morgan fingerprint density at radius 3 is 2.19 bits per heavy atom. The normalized spacial score (nSPS) is 13.2. The van der Waals surface area contributed by atoms with Crippen LogP contribution in [-0.4, -0.2) is 15.5 Å². The van der Waals surface area contributed by atoms with E-state index < -0.39 is 21.6 Å². The molecule has 0 spiro atoms. The molecule has 27 heavy (non-hydrogen) atoms. The van der Waals surface area contributed by atoms with Gasteiger partial charge in [-0.15, -0.1) is 0 Å². The first-order chi connectivity index (χ1) is 12.6. The summed E-state index contributed by atoms with van der Waals surface area (Å²) in [6.45, 7) is 1.22. The Morgan fingerprint density at radius 2 is 1.63 bits per heavy atom. The summed E-state index contributed by atoms with van der Waals surface area (Å²) in [6.07, 6.45) is 0.0769. The van der Waals surface area contributed by atoms with Crippen LogP contribution in [0.1, 0.15) is 24.2 Å². The minimum absolute atomic E-state index is 0.201. The Balaban J connectivity index is 2.40. The molecule has 0 bridgehead atoms. The van der Waals surface area contributed by atoms with Crippen LogP contribution in [0.3, 0.4) is 0 Å². The van der Waals surface area contributed by atoms with Crippen LogP contribution in [0.4, 0.5) is 0 Å². The predicted octanol–water partition coefficient (Wildman–Crippen LogP) is 6.62. The summed E-state index contributed by atoms with van der Waals surface area (Å²) in [7, 11) is 0. The van der Waals surface area contributed by atoms with Crippen LogP contribution in [0.15, 0.2) is 54.1 Å². The Labute approximate surface area is 181 Å². The maximum atomic E-state index is 12.7. The third kappa shape index (κ3) is 5.87. The van der Waals surface area contributed by atoms with Crippen LogP contribution >= 0.6 is 58.0 Å². The second kappa shape index (κ2) is 9.31. The number of halogens is 5. The number of hydrogen-bond acceptors (Lipinski definition) is 3. The molecule has 0 aliphatic heterocycles. The quantitative estimate of drug-likeness (QED) is 0.164. The van der Waals surface area contributed by atoms with Gasteiger partial charge in [-0.3, -0.25) is 4.79 Å². The van der Waals surface area contributed by atoms with Crippen molar-refractivity contribution in [2.75, 3.05) is 0 Å². The zero-order valence-electron chi connectivity index (χ0n) is 13.9. The number of alkyl halides is 3. The molecule has 0 amide bonds. The van der Waals surface area contributed by atoms with E-state index in [1.54, 1.807) is 48.5 Å². The molecule has 0 saturated carbocycles. The molecule has 2 aromatic rings. The molecule has 8 heteroatoms. The van der Waals surface area contributed by atoms with Crippen molar-refractivity contribution in [2.45, 2.75) is 16.8 Å². The van der Waals surface area contributed by atoms with Gasteiger partial charge in [0, 0.05) is 0 Å². The minimum atomic E-state index is -1.94. The summed E-state index contributed by atoms with van der Waals surface area (Å²) in [5, 5.41) is 0.483. The molecule has 2 aromatic carbocycles. The van der Waals surface area contributed by atoms with E-state index in [0.29, 0.717) is 11.1 Å². The number of Topliss-reactive ketones (excluding diaryl/α,β-unsaturated/α-hetero) is 1. The molecule has 0 saturated heterocycles. The molecule has 0 N–H and O–H groups in total. The van der Waals surface area contributed by atoms with Gasteiger partial charge in [0.1, 0.15) is 5.57 Å². The average Bonchev–Trinajstić information content (AvgIpc) is 2.60. The highest BCUT2D eigenvalue weighted by molar-refractivity contribution is 6.68. The van der Waals surface area contributed by atoms with Crippen molar-refractivity contribution in [3.63, 3.8) is 0 Å². The fraction of sp³-hybridized carbons (Fsp3) is 0.158. The highest BCUT2D eigenvalue weighted by Gasteiger charge is 2.38. The van der Waals surface area contributed by atoms with Crippen LogP contribution in [0.5, 0.6) is 0 Å². The molecule has 0 aliphatic rings. The fourth-order valence-corrected chi connectivity index (χ4v) is 3.09. The van der Waals surface area contributed by atoms with E-state index in [0.717, 1.165) is 0 Å². The van der Waals surface area contributed by atoms with Crippen molar-refractivity contribution in [1.29, 1.82) is 0 Å². The number of carbonyl (C=O) groups is 2. The number of esters is 1. The lowest BCUT2D eigenvalue weighted by Crippen LogP contribution is -2.25. The molecule has 3 nitrogen and oxygen atoms in total. The number of hydrogen-bond donors (Lipinski definition) is 0. The SMILES string of the molecule is CC(=O)/C(=C/c1cccc(Cl)c1Cl)C(=O)O[C@@H](c1ccccc1)C(Cl)(Cl)Cl. The van der Waals surface area contributed by atoms with Gasteiger partial charge in [-0.25, -0.2) is 4.79 Å². The molecule has 0 unspecified atom stereocenters. The number of ether oxygens (including phenoxy) is 1. The maximum Gasteiger partial charge on any atom is 0.342 e. The average molecular weight is 467 g/mol. The Kier molecular flexibility index (Phi) is 7.61. The number of ketones is 1. The van der Waals surface area contributed by atoms with Gasteiger partial charge in [-0.2, -0.15) is 0 Å². The zero-order valence-corrected chi connectivity index (χ0v) is 17.7. The Morgan fingerprint density at radius 1 is 1.00 bits per heavy atom. The number of benzene rings is 2. The van der Waals surface area contributed by atoms with E-state index in [2.05, 4.69) is 0 Å². The van der Waals surface area contributed by atoms with E-state index in [4.69, 9.17) is 62.7 Å². The smallest absolute Gasteiger partial charge is 0.342 e. The van der Waals surface area contributed by atoms with E-state index in [-0.39, 0.29) is 15.6 Å². The minimum Gasteiger partial charge on any atom is -0.449 e. The van der Waals surface area contributed by atoms with Gasteiger partial charge >= 0.3 is 5.97 Å². The lowest BCUT2D eigenvalue weighted by Gasteiger charge is -2.25. The van der Waals surface area contributed by atoms with Crippen LogP contribution in [0.25, 0.3) is 6.08 Å². The molecule has 142 valence electrons. The first-order valence-electron chi connectivity index (χ1n) is 7.60. The van der Waals surface area contributed by atoms with Gasteiger partial charge in [-0.05, 0) is 30.2 Å². The summed E-state index contributed by atoms with van der Waals surface area (Å²) >= 11 is 30.0. The first-order valence-corrected chi connectivity index (χ1v) is 9.49. The summed E-state index contributed by atoms with van der Waals surface area (Å²) < 4.78 is 3.43. The highest BCUT2D eigenvalue weighted by atomic mass is 35.6. The summed E-state index contributed by atoms with van der Waals surface area (Å²) in [6, 6.07) is 13.3. The van der Waals surface area contributed by atoms with Crippen LogP contribution < -0.4 is 0 Å². The van der Waals surface area contributed by atoms with Crippen LogP contribution in [0, 0.1) is 0 Å². The molecule has 0 aromatic heterocycles. The second-order valence-electron chi connectivity index (χ2n) is 5.49. The van der Waals surface area contributed by atoms with Crippen molar-refractivity contribution in [3.8, 4) is 0 Å². The monoisotopic (exact) mass is 464 g/mol. The van der Waals surface area contributed by atoms with Crippen molar-refractivity contribution in [1.82, 2.24) is 0 Å². The standard InChI is InChI=1S/C19H13Cl5O3/c1-11(25)14(10-13-8-5-9-15(20)16(13)21)18(26)27-17(19(22,23)24)12-6-3-2-4-7-12/h2-10,17H,1H3/b14-10-/t17-/m0/s1. The number of carbonyl (C=O) groups excluding carboxylic acids is 2. The largest absolute Gasteiger partial charge is 0.449 e. The number of rotatable bonds is 5. The van der Waals surface area contributed by atoms with Crippen molar-refractivity contribution >= 4 is 75.8 Å². The van der Waals surface area contributed by atoms with Gasteiger partial charge in [0.25, 0.3) is 0 Å². The van der Waals surface area contributed by atoms with Gasteiger partial charge in [0.2, 0.25) is 3.79 Å². The third-order valence-electron chi connectivity index (χ3n) is 3.51. The molecular formula is C19H13Cl5O3. The van der Waals surface area contributed by atoms with Crippen molar-refractivity contribution in [2.24, 2.45) is 0 Å². The lowest BCUT2D eigenvalue weighted by atomic mass is 10.1. The van der Waals surface area contributed by atoms with Gasteiger partial charge in [0.15, 0.2) is 11.9 Å².